The van der Waals surface area contributed by atoms with E-state index in [-0.39, 0.29) is 10.7 Å². The first-order chi connectivity index (χ1) is 8.63. The number of nitrogens with one attached hydrogen (secondary N) is 1. The zero-order valence-electron chi connectivity index (χ0n) is 9.54. The van der Waals surface area contributed by atoms with E-state index in [1.165, 1.54) is 18.5 Å². The third-order valence-corrected chi connectivity index (χ3v) is 3.09. The van der Waals surface area contributed by atoms with Crippen LogP contribution in [-0.2, 0) is 6.42 Å². The predicted octanol–water partition coefficient (Wildman–Crippen LogP) is 4.23. The summed E-state index contributed by atoms with van der Waals surface area (Å²) >= 11 is 11.9. The Morgan fingerprint density at radius 3 is 2.72 bits per heavy atom. The van der Waals surface area contributed by atoms with Crippen molar-refractivity contribution in [3.63, 3.8) is 0 Å². The Bertz CT molecular complexity index is 555. The number of halogens is 3. The lowest BCUT2D eigenvalue weighted by Gasteiger charge is -2.12. The lowest BCUT2D eigenvalue weighted by atomic mass is 10.2. The monoisotopic (exact) mass is 285 g/mol. The van der Waals surface area contributed by atoms with Gasteiger partial charge in [0.15, 0.2) is 0 Å². The van der Waals surface area contributed by atoms with Gasteiger partial charge in [-0.1, -0.05) is 36.2 Å². The van der Waals surface area contributed by atoms with Gasteiger partial charge in [-0.05, 0) is 18.6 Å². The summed E-state index contributed by atoms with van der Waals surface area (Å²) in [5, 5.41) is 3.49. The third-order valence-electron chi connectivity index (χ3n) is 2.45. The van der Waals surface area contributed by atoms with Crippen molar-refractivity contribution in [3.05, 3.63) is 46.1 Å². The summed E-state index contributed by atoms with van der Waals surface area (Å²) in [5.41, 5.74) is 0.905. The van der Waals surface area contributed by atoms with Crippen LogP contribution < -0.4 is 5.32 Å². The van der Waals surface area contributed by atoms with Crippen LogP contribution in [0.4, 0.5) is 15.9 Å². The fourth-order valence-corrected chi connectivity index (χ4v) is 2.02. The molecule has 1 aromatic carbocycles. The molecule has 0 unspecified atom stereocenters. The molecule has 94 valence electrons. The molecule has 1 aromatic heterocycles. The summed E-state index contributed by atoms with van der Waals surface area (Å²) < 4.78 is 13.6. The number of para-hydroxylation sites is 1. The second-order valence-electron chi connectivity index (χ2n) is 3.57. The number of anilines is 2. The average molecular weight is 286 g/mol. The average Bonchev–Trinajstić information content (AvgIpc) is 2.34. The molecule has 3 nitrogen and oxygen atoms in total. The second kappa shape index (κ2) is 5.50. The molecule has 0 saturated carbocycles. The van der Waals surface area contributed by atoms with E-state index in [1.807, 2.05) is 6.92 Å². The van der Waals surface area contributed by atoms with Crippen molar-refractivity contribution in [1.29, 1.82) is 0 Å². The molecule has 0 aliphatic carbocycles. The Balaban J connectivity index is 2.43. The highest BCUT2D eigenvalue weighted by molar-refractivity contribution is 6.33. The number of rotatable bonds is 3. The van der Waals surface area contributed by atoms with Gasteiger partial charge in [0.1, 0.15) is 23.1 Å². The summed E-state index contributed by atoms with van der Waals surface area (Å²) in [6.07, 6.45) is 1.95. The van der Waals surface area contributed by atoms with Gasteiger partial charge in [0.2, 0.25) is 0 Å². The Hall–Kier alpha value is -1.39. The van der Waals surface area contributed by atoms with Gasteiger partial charge < -0.3 is 5.32 Å². The first-order valence-electron chi connectivity index (χ1n) is 5.34. The van der Waals surface area contributed by atoms with E-state index in [4.69, 9.17) is 23.2 Å². The van der Waals surface area contributed by atoms with Crippen molar-refractivity contribution in [1.82, 2.24) is 9.97 Å². The van der Waals surface area contributed by atoms with Crippen LogP contribution in [0.2, 0.25) is 10.2 Å². The fraction of sp³-hybridized carbons (Fsp3) is 0.167. The molecule has 0 atom stereocenters. The number of benzene rings is 1. The highest BCUT2D eigenvalue weighted by Crippen LogP contribution is 2.30. The third kappa shape index (κ3) is 2.54. The van der Waals surface area contributed by atoms with E-state index >= 15 is 0 Å². The maximum atomic E-state index is 13.6. The van der Waals surface area contributed by atoms with Gasteiger partial charge in [0, 0.05) is 5.56 Å². The van der Waals surface area contributed by atoms with Crippen LogP contribution in [0.5, 0.6) is 0 Å². The first-order valence-corrected chi connectivity index (χ1v) is 6.09. The fourth-order valence-electron chi connectivity index (χ4n) is 1.55. The molecule has 0 aliphatic rings. The molecule has 0 spiro atoms. The van der Waals surface area contributed by atoms with Crippen molar-refractivity contribution in [2.45, 2.75) is 13.3 Å². The van der Waals surface area contributed by atoms with E-state index in [1.54, 1.807) is 6.07 Å². The molecule has 2 rings (SSSR count). The number of hydrogen-bond donors (Lipinski definition) is 1. The van der Waals surface area contributed by atoms with Crippen LogP contribution in [0.1, 0.15) is 12.5 Å². The molecule has 0 amide bonds. The Kier molecular flexibility index (Phi) is 3.99. The largest absolute Gasteiger partial charge is 0.336 e. The number of hydrogen-bond acceptors (Lipinski definition) is 3. The molecular weight excluding hydrogens is 276 g/mol. The van der Waals surface area contributed by atoms with Crippen LogP contribution in [-0.4, -0.2) is 9.97 Å². The summed E-state index contributed by atoms with van der Waals surface area (Å²) in [5.74, 6) is 0.0174. The minimum Gasteiger partial charge on any atom is -0.336 e. The lowest BCUT2D eigenvalue weighted by Crippen LogP contribution is -2.02. The van der Waals surface area contributed by atoms with Gasteiger partial charge in [-0.15, -0.1) is 0 Å². The zero-order chi connectivity index (χ0) is 13.1. The molecule has 1 heterocycles. The summed E-state index contributed by atoms with van der Waals surface area (Å²) in [6, 6.07) is 4.46. The molecular formula is C12H10Cl2FN3. The van der Waals surface area contributed by atoms with Gasteiger partial charge in [0.05, 0.1) is 10.7 Å². The molecule has 18 heavy (non-hydrogen) atoms. The number of nitrogens with zero attached hydrogens (tertiary/aromatic N) is 2. The maximum Gasteiger partial charge on any atom is 0.148 e. The van der Waals surface area contributed by atoms with Crippen LogP contribution in [0.3, 0.4) is 0 Å². The van der Waals surface area contributed by atoms with Gasteiger partial charge in [0.25, 0.3) is 0 Å². The maximum absolute atomic E-state index is 13.6. The predicted molar refractivity (Wildman–Crippen MR) is 71.1 cm³/mol. The smallest absolute Gasteiger partial charge is 0.148 e. The van der Waals surface area contributed by atoms with E-state index < -0.39 is 5.82 Å². The van der Waals surface area contributed by atoms with Crippen LogP contribution in [0, 0.1) is 5.82 Å². The summed E-state index contributed by atoms with van der Waals surface area (Å²) in [6.45, 7) is 1.92. The first kappa shape index (κ1) is 13.1. The molecule has 6 heteroatoms. The number of aromatic nitrogens is 2. The SMILES string of the molecule is CCc1c(Cl)ncnc1Nc1c(F)cccc1Cl. The molecule has 0 aliphatic heterocycles. The summed E-state index contributed by atoms with van der Waals surface area (Å²) in [4.78, 5) is 7.94. The van der Waals surface area contributed by atoms with Gasteiger partial charge in [-0.25, -0.2) is 14.4 Å². The van der Waals surface area contributed by atoms with E-state index in [9.17, 15) is 4.39 Å². The Labute approximate surface area is 114 Å². The van der Waals surface area contributed by atoms with E-state index in [2.05, 4.69) is 15.3 Å². The van der Waals surface area contributed by atoms with Crippen molar-refractivity contribution < 1.29 is 4.39 Å². The van der Waals surface area contributed by atoms with Gasteiger partial charge in [-0.2, -0.15) is 0 Å². The highest BCUT2D eigenvalue weighted by Gasteiger charge is 2.12. The molecule has 2 aromatic rings. The standard InChI is InChI=1S/C12H10Cl2FN3/c1-2-7-11(14)16-6-17-12(7)18-10-8(13)4-3-5-9(10)15/h3-6H,2H2,1H3,(H,16,17,18). The molecule has 0 radical (unpaired) electrons. The molecule has 0 bridgehead atoms. The quantitative estimate of drug-likeness (QED) is 0.858. The lowest BCUT2D eigenvalue weighted by molar-refractivity contribution is 0.632. The minimum atomic E-state index is -0.445. The van der Waals surface area contributed by atoms with Gasteiger partial charge in [-0.3, -0.25) is 0 Å². The molecule has 0 fully saturated rings. The van der Waals surface area contributed by atoms with Crippen molar-refractivity contribution >= 4 is 34.7 Å². The molecule has 1 N–H and O–H groups in total. The van der Waals surface area contributed by atoms with Gasteiger partial charge >= 0.3 is 0 Å². The van der Waals surface area contributed by atoms with Crippen LogP contribution in [0.15, 0.2) is 24.5 Å². The minimum absolute atomic E-state index is 0.184. The van der Waals surface area contributed by atoms with Crippen molar-refractivity contribution in [2.75, 3.05) is 5.32 Å². The normalized spacial score (nSPS) is 10.4. The van der Waals surface area contributed by atoms with Crippen molar-refractivity contribution in [3.8, 4) is 0 Å². The summed E-state index contributed by atoms with van der Waals surface area (Å²) in [7, 11) is 0. The van der Waals surface area contributed by atoms with Crippen LogP contribution >= 0.6 is 23.2 Å². The topological polar surface area (TPSA) is 37.8 Å². The van der Waals surface area contributed by atoms with E-state index in [0.717, 1.165) is 5.56 Å². The second-order valence-corrected chi connectivity index (χ2v) is 4.33. The Morgan fingerprint density at radius 2 is 2.06 bits per heavy atom. The zero-order valence-corrected chi connectivity index (χ0v) is 11.1. The molecule has 0 saturated heterocycles. The van der Waals surface area contributed by atoms with Crippen molar-refractivity contribution in [2.24, 2.45) is 0 Å². The van der Waals surface area contributed by atoms with E-state index in [0.29, 0.717) is 17.4 Å². The Morgan fingerprint density at radius 1 is 1.28 bits per heavy atom. The highest BCUT2D eigenvalue weighted by atomic mass is 35.5. The van der Waals surface area contributed by atoms with Crippen LogP contribution in [0.25, 0.3) is 0 Å².